The van der Waals surface area contributed by atoms with E-state index < -0.39 is 12.1 Å². The fourth-order valence-corrected chi connectivity index (χ4v) is 10.2. The Kier molecular flexibility index (Phi) is 61.0. The fourth-order valence-electron chi connectivity index (χ4n) is 10.2. The topological polar surface area (TPSA) is 95.9 Å². The Morgan fingerprint density at radius 2 is 0.671 bits per heavy atom. The van der Waals surface area contributed by atoms with Gasteiger partial charge in [-0.25, -0.2) is 0 Å². The van der Waals surface area contributed by atoms with Crippen LogP contribution in [0.1, 0.15) is 354 Å². The van der Waals surface area contributed by atoms with Gasteiger partial charge in [0.2, 0.25) is 5.91 Å². The number of nitrogens with one attached hydrogen (secondary N) is 1. The predicted octanol–water partition coefficient (Wildman–Crippen LogP) is 20.8. The number of aliphatic hydroxyl groups is 2. The van der Waals surface area contributed by atoms with Gasteiger partial charge in [-0.1, -0.05) is 314 Å². The number of rotatable bonds is 61. The number of hydrogen-bond acceptors (Lipinski definition) is 5. The number of carbonyl (C=O) groups excluding carboxylic acids is 2. The Morgan fingerprint density at radius 3 is 1.01 bits per heavy atom. The zero-order valence-electron chi connectivity index (χ0n) is 49.1. The summed E-state index contributed by atoms with van der Waals surface area (Å²) in [4.78, 5) is 24.6. The van der Waals surface area contributed by atoms with Gasteiger partial charge in [-0.05, 0) is 64.2 Å². The average molecular weight is 1030 g/mol. The third-order valence-corrected chi connectivity index (χ3v) is 15.2. The molecule has 0 saturated heterocycles. The molecule has 0 radical (unpaired) electrons. The van der Waals surface area contributed by atoms with Crippen LogP contribution < -0.4 is 5.32 Å². The van der Waals surface area contributed by atoms with Crippen LogP contribution in [0.15, 0.2) is 36.5 Å². The summed E-state index contributed by atoms with van der Waals surface area (Å²) in [6.45, 7) is 4.88. The van der Waals surface area contributed by atoms with Crippen LogP contribution in [-0.4, -0.2) is 47.4 Å². The van der Waals surface area contributed by atoms with Crippen LogP contribution >= 0.6 is 0 Å². The summed E-state index contributed by atoms with van der Waals surface area (Å²) in [7, 11) is 0. The molecule has 0 heterocycles. The maximum Gasteiger partial charge on any atom is 0.305 e. The lowest BCUT2D eigenvalue weighted by Gasteiger charge is -2.20. The van der Waals surface area contributed by atoms with E-state index in [1.165, 1.54) is 250 Å². The maximum atomic E-state index is 12.5. The number of hydrogen-bond donors (Lipinski definition) is 3. The number of unbranched alkanes of at least 4 members (excludes halogenated alkanes) is 47. The summed E-state index contributed by atoms with van der Waals surface area (Å²) in [5, 5.41) is 23.2. The minimum absolute atomic E-state index is 0.0179. The molecule has 0 aromatic rings. The molecule has 0 aliphatic heterocycles. The van der Waals surface area contributed by atoms with Crippen molar-refractivity contribution in [3.63, 3.8) is 0 Å². The van der Waals surface area contributed by atoms with E-state index in [1.54, 1.807) is 6.08 Å². The Labute approximate surface area is 455 Å². The lowest BCUT2D eigenvalue weighted by Crippen LogP contribution is -2.45. The predicted molar refractivity (Wildman–Crippen MR) is 319 cm³/mol. The lowest BCUT2D eigenvalue weighted by atomic mass is 10.0. The van der Waals surface area contributed by atoms with Crippen LogP contribution in [0.5, 0.6) is 0 Å². The molecule has 0 spiro atoms. The van der Waals surface area contributed by atoms with Gasteiger partial charge in [-0.3, -0.25) is 9.59 Å². The van der Waals surface area contributed by atoms with E-state index >= 15 is 0 Å². The second-order valence-electron chi connectivity index (χ2n) is 22.5. The normalized spacial score (nSPS) is 12.8. The number of allylic oxidation sites excluding steroid dienone is 5. The van der Waals surface area contributed by atoms with Crippen molar-refractivity contribution in [2.45, 2.75) is 366 Å². The average Bonchev–Trinajstić information content (AvgIpc) is 3.39. The molecule has 0 aliphatic rings. The van der Waals surface area contributed by atoms with E-state index in [1.807, 2.05) is 6.08 Å². The van der Waals surface area contributed by atoms with Crippen molar-refractivity contribution in [1.82, 2.24) is 5.32 Å². The molecule has 0 fully saturated rings. The van der Waals surface area contributed by atoms with Crippen LogP contribution in [0.3, 0.4) is 0 Å². The largest absolute Gasteiger partial charge is 0.466 e. The van der Waals surface area contributed by atoms with E-state index in [2.05, 4.69) is 43.5 Å². The highest BCUT2D eigenvalue weighted by molar-refractivity contribution is 5.76. The van der Waals surface area contributed by atoms with Crippen LogP contribution in [0, 0.1) is 0 Å². The van der Waals surface area contributed by atoms with E-state index in [4.69, 9.17) is 4.74 Å². The highest BCUT2D eigenvalue weighted by Crippen LogP contribution is 2.18. The molecule has 73 heavy (non-hydrogen) atoms. The number of carbonyl (C=O) groups is 2. The van der Waals surface area contributed by atoms with Crippen molar-refractivity contribution in [2.75, 3.05) is 13.2 Å². The van der Waals surface area contributed by atoms with Gasteiger partial charge in [0.1, 0.15) is 0 Å². The van der Waals surface area contributed by atoms with Gasteiger partial charge < -0.3 is 20.3 Å². The first-order chi connectivity index (χ1) is 36.0. The molecule has 430 valence electrons. The van der Waals surface area contributed by atoms with Crippen molar-refractivity contribution in [3.8, 4) is 0 Å². The van der Waals surface area contributed by atoms with Crippen LogP contribution in [0.25, 0.3) is 0 Å². The quantitative estimate of drug-likeness (QED) is 0.0244. The molecule has 6 heteroatoms. The lowest BCUT2D eigenvalue weighted by molar-refractivity contribution is -0.143. The Bertz CT molecular complexity index is 1180. The molecule has 0 aromatic heterocycles. The Hall–Kier alpha value is -1.92. The number of esters is 1. The summed E-state index contributed by atoms with van der Waals surface area (Å²) >= 11 is 0. The molecular weight excluding hydrogens is 899 g/mol. The second-order valence-corrected chi connectivity index (χ2v) is 22.5. The highest BCUT2D eigenvalue weighted by atomic mass is 16.5. The van der Waals surface area contributed by atoms with Gasteiger partial charge >= 0.3 is 5.97 Å². The Morgan fingerprint density at radius 1 is 0.384 bits per heavy atom. The summed E-state index contributed by atoms with van der Waals surface area (Å²) in [5.74, 6) is -0.105. The second kappa shape index (κ2) is 62.6. The van der Waals surface area contributed by atoms with Crippen molar-refractivity contribution < 1.29 is 24.5 Å². The molecule has 0 saturated carbocycles. The molecule has 6 nitrogen and oxygen atoms in total. The molecular formula is C67H127NO5. The number of amides is 1. The minimum atomic E-state index is -0.860. The van der Waals surface area contributed by atoms with Crippen LogP contribution in [-0.2, 0) is 14.3 Å². The molecule has 3 N–H and O–H groups in total. The van der Waals surface area contributed by atoms with E-state index in [0.29, 0.717) is 19.4 Å². The first kappa shape index (κ1) is 71.1. The monoisotopic (exact) mass is 1030 g/mol. The fraction of sp³-hybridized carbons (Fsp3) is 0.881. The van der Waals surface area contributed by atoms with Gasteiger partial charge in [0.25, 0.3) is 0 Å². The molecule has 0 rings (SSSR count). The van der Waals surface area contributed by atoms with Gasteiger partial charge in [0.05, 0.1) is 25.4 Å². The van der Waals surface area contributed by atoms with Gasteiger partial charge in [-0.15, -0.1) is 0 Å². The van der Waals surface area contributed by atoms with Crippen molar-refractivity contribution in [3.05, 3.63) is 36.5 Å². The summed E-state index contributed by atoms with van der Waals surface area (Å²) in [6, 6.07) is -0.646. The molecule has 1 amide bonds. The summed E-state index contributed by atoms with van der Waals surface area (Å²) < 4.78 is 5.47. The van der Waals surface area contributed by atoms with E-state index in [9.17, 15) is 19.8 Å². The SMILES string of the molecule is CCCCCCCCCCCCCCCCCCCCCCC/C=C/C(O)C(CO)NC(=O)CCCCCCCC/C=C\C=C/CCCCCOC(=O)CCCCCCCCCCCCCCCCCCCC. The smallest absolute Gasteiger partial charge is 0.305 e. The minimum Gasteiger partial charge on any atom is -0.466 e. The van der Waals surface area contributed by atoms with Crippen molar-refractivity contribution >= 4 is 11.9 Å². The first-order valence-corrected chi connectivity index (χ1v) is 32.8. The first-order valence-electron chi connectivity index (χ1n) is 32.8. The van der Waals surface area contributed by atoms with Gasteiger partial charge in [0.15, 0.2) is 0 Å². The molecule has 0 aliphatic carbocycles. The molecule has 0 bridgehead atoms. The third kappa shape index (κ3) is 59.2. The Balaban J connectivity index is 3.51. The van der Waals surface area contributed by atoms with E-state index in [0.717, 1.165) is 77.0 Å². The van der Waals surface area contributed by atoms with Crippen LogP contribution in [0.2, 0.25) is 0 Å². The molecule has 2 unspecified atom stereocenters. The van der Waals surface area contributed by atoms with E-state index in [-0.39, 0.29) is 18.5 Å². The molecule has 0 aromatic carbocycles. The van der Waals surface area contributed by atoms with Crippen LogP contribution in [0.4, 0.5) is 0 Å². The van der Waals surface area contributed by atoms with Crippen molar-refractivity contribution in [2.24, 2.45) is 0 Å². The zero-order chi connectivity index (χ0) is 52.9. The number of aliphatic hydroxyl groups excluding tert-OH is 2. The highest BCUT2D eigenvalue weighted by Gasteiger charge is 2.18. The molecule has 2 atom stereocenters. The van der Waals surface area contributed by atoms with Gasteiger partial charge in [0, 0.05) is 12.8 Å². The summed E-state index contributed by atoms with van der Waals surface area (Å²) in [5.41, 5.74) is 0. The standard InChI is InChI=1S/C67H127NO5/c1-3-5-7-9-11-13-15-17-19-21-23-24-25-26-27-28-31-35-39-43-47-51-55-59-65(70)64(63-69)68-66(71)60-56-52-48-44-40-36-32-30-34-38-42-46-50-54-58-62-73-67(72)61-57-53-49-45-41-37-33-29-22-20-18-16-14-12-10-8-6-4-2/h30,34,38,42,55,59,64-65,69-70H,3-29,31-33,35-37,39-41,43-54,56-58,60-63H2,1-2H3,(H,68,71)/b34-30-,42-38-,59-55+. The number of ether oxygens (including phenoxy) is 1. The van der Waals surface area contributed by atoms with Crippen molar-refractivity contribution in [1.29, 1.82) is 0 Å². The van der Waals surface area contributed by atoms with Gasteiger partial charge in [-0.2, -0.15) is 0 Å². The maximum absolute atomic E-state index is 12.5. The third-order valence-electron chi connectivity index (χ3n) is 15.2. The zero-order valence-corrected chi connectivity index (χ0v) is 49.1. The summed E-state index contributed by atoms with van der Waals surface area (Å²) in [6.07, 6.45) is 79.1.